The molecule has 0 bridgehead atoms. The maximum atomic E-state index is 12.8. The van der Waals surface area contributed by atoms with Crippen molar-refractivity contribution in [1.29, 1.82) is 0 Å². The van der Waals surface area contributed by atoms with Crippen molar-refractivity contribution in [3.63, 3.8) is 0 Å². The van der Waals surface area contributed by atoms with Gasteiger partial charge in [-0.3, -0.25) is 0 Å². The zero-order valence-corrected chi connectivity index (χ0v) is 6.32. The predicted molar refractivity (Wildman–Crippen MR) is 37.1 cm³/mol. The molecule has 1 atom stereocenters. The molecule has 1 aliphatic carbocycles. The highest BCUT2D eigenvalue weighted by Gasteiger charge is 2.42. The highest BCUT2D eigenvalue weighted by molar-refractivity contribution is 5.16. The normalized spacial score (nSPS) is 30.4. The summed E-state index contributed by atoms with van der Waals surface area (Å²) < 4.78 is 25.6. The molecule has 0 aromatic carbocycles. The summed E-state index contributed by atoms with van der Waals surface area (Å²) in [5.41, 5.74) is 0.854. The fourth-order valence-electron chi connectivity index (χ4n) is 1.54. The average Bonchev–Trinajstić information content (AvgIpc) is 2.07. The van der Waals surface area contributed by atoms with E-state index in [0.717, 1.165) is 5.57 Å². The molecule has 0 amide bonds. The molecule has 0 aromatic heterocycles. The highest BCUT2D eigenvalue weighted by Crippen LogP contribution is 2.41. The van der Waals surface area contributed by atoms with E-state index in [1.807, 2.05) is 0 Å². The van der Waals surface area contributed by atoms with Gasteiger partial charge in [0, 0.05) is 12.3 Å². The largest absolute Gasteiger partial charge is 0.257 e. The summed E-state index contributed by atoms with van der Waals surface area (Å²) >= 11 is 0. The zero-order chi connectivity index (χ0) is 7.78. The van der Waals surface area contributed by atoms with E-state index in [0.29, 0.717) is 6.42 Å². The summed E-state index contributed by atoms with van der Waals surface area (Å²) in [6.07, 6.45) is 2.14. The van der Waals surface area contributed by atoms with Crippen LogP contribution in [0.15, 0.2) is 11.6 Å². The Kier molecular flexibility index (Phi) is 1.80. The number of halogens is 2. The summed E-state index contributed by atoms with van der Waals surface area (Å²) in [6.45, 7) is 3.59. The van der Waals surface area contributed by atoms with Crippen molar-refractivity contribution < 1.29 is 8.78 Å². The fourth-order valence-corrected chi connectivity index (χ4v) is 1.54. The third-order valence-electron chi connectivity index (χ3n) is 2.16. The van der Waals surface area contributed by atoms with Gasteiger partial charge >= 0.3 is 0 Å². The summed E-state index contributed by atoms with van der Waals surface area (Å²) in [4.78, 5) is 0. The Bertz CT molecular complexity index is 159. The van der Waals surface area contributed by atoms with E-state index in [-0.39, 0.29) is 6.42 Å². The van der Waals surface area contributed by atoms with Gasteiger partial charge in [-0.05, 0) is 13.3 Å². The molecule has 1 unspecified atom stereocenters. The maximum absolute atomic E-state index is 12.8. The van der Waals surface area contributed by atoms with Gasteiger partial charge in [0.15, 0.2) is 0 Å². The van der Waals surface area contributed by atoms with Crippen LogP contribution in [0.2, 0.25) is 0 Å². The second-order valence-electron chi connectivity index (χ2n) is 2.87. The Morgan fingerprint density at radius 2 is 2.30 bits per heavy atom. The van der Waals surface area contributed by atoms with Gasteiger partial charge in [0.1, 0.15) is 0 Å². The highest BCUT2D eigenvalue weighted by atomic mass is 19.3. The van der Waals surface area contributed by atoms with Gasteiger partial charge in [-0.25, -0.2) is 8.78 Å². The van der Waals surface area contributed by atoms with Crippen LogP contribution in [-0.2, 0) is 0 Å². The van der Waals surface area contributed by atoms with Gasteiger partial charge in [-0.1, -0.05) is 18.6 Å². The molecule has 0 radical (unpaired) electrons. The summed E-state index contributed by atoms with van der Waals surface area (Å²) in [6, 6.07) is 0. The first-order valence-corrected chi connectivity index (χ1v) is 3.62. The molecule has 10 heavy (non-hydrogen) atoms. The molecule has 0 N–H and O–H groups in total. The van der Waals surface area contributed by atoms with Crippen LogP contribution in [0.4, 0.5) is 8.78 Å². The first-order valence-electron chi connectivity index (χ1n) is 3.62. The molecule has 0 saturated carbocycles. The Morgan fingerprint density at radius 1 is 1.70 bits per heavy atom. The van der Waals surface area contributed by atoms with Crippen molar-refractivity contribution in [2.75, 3.05) is 0 Å². The number of allylic oxidation sites excluding steroid dienone is 2. The molecule has 2 heteroatoms. The molecule has 0 spiro atoms. The van der Waals surface area contributed by atoms with Gasteiger partial charge in [0.2, 0.25) is 0 Å². The minimum absolute atomic E-state index is 0.0582. The van der Waals surface area contributed by atoms with Crippen LogP contribution in [-0.4, -0.2) is 5.92 Å². The molecular weight excluding hydrogens is 134 g/mol. The second kappa shape index (κ2) is 2.33. The third-order valence-corrected chi connectivity index (χ3v) is 2.16. The van der Waals surface area contributed by atoms with Crippen LogP contribution in [0.3, 0.4) is 0 Å². The van der Waals surface area contributed by atoms with Crippen LogP contribution in [0, 0.1) is 5.92 Å². The van der Waals surface area contributed by atoms with E-state index in [2.05, 4.69) is 0 Å². The summed E-state index contributed by atoms with van der Waals surface area (Å²) in [5, 5.41) is 0. The Labute approximate surface area is 59.9 Å². The molecule has 1 aliphatic rings. The number of alkyl halides is 2. The maximum Gasteiger partial charge on any atom is 0.257 e. The average molecular weight is 146 g/mol. The van der Waals surface area contributed by atoms with Crippen molar-refractivity contribution in [2.24, 2.45) is 5.92 Å². The van der Waals surface area contributed by atoms with Crippen LogP contribution in [0.1, 0.15) is 26.7 Å². The lowest BCUT2D eigenvalue weighted by atomic mass is 9.97. The smallest absolute Gasteiger partial charge is 0.206 e. The van der Waals surface area contributed by atoms with Crippen LogP contribution >= 0.6 is 0 Å². The fraction of sp³-hybridized carbons (Fsp3) is 0.750. The van der Waals surface area contributed by atoms with Gasteiger partial charge in [-0.2, -0.15) is 0 Å². The van der Waals surface area contributed by atoms with Crippen LogP contribution < -0.4 is 0 Å². The number of rotatable bonds is 1. The molecule has 0 aliphatic heterocycles. The lowest BCUT2D eigenvalue weighted by Gasteiger charge is -2.18. The standard InChI is InChI=1S/C8H12F2/c1-3-7-6(2)4-5-8(7,9)10/h4,7H,3,5H2,1-2H3. The molecular formula is C8H12F2. The lowest BCUT2D eigenvalue weighted by Crippen LogP contribution is -2.22. The SMILES string of the molecule is CCC1C(C)=CCC1(F)F. The molecule has 0 aromatic rings. The van der Waals surface area contributed by atoms with E-state index in [1.54, 1.807) is 19.9 Å². The molecule has 1 rings (SSSR count). The van der Waals surface area contributed by atoms with Crippen molar-refractivity contribution in [2.45, 2.75) is 32.6 Å². The Balaban J connectivity index is 2.73. The van der Waals surface area contributed by atoms with E-state index < -0.39 is 11.8 Å². The second-order valence-corrected chi connectivity index (χ2v) is 2.87. The number of hydrogen-bond donors (Lipinski definition) is 0. The predicted octanol–water partition coefficient (Wildman–Crippen LogP) is 3.00. The van der Waals surface area contributed by atoms with Crippen LogP contribution in [0.5, 0.6) is 0 Å². The van der Waals surface area contributed by atoms with Gasteiger partial charge in [0.25, 0.3) is 5.92 Å². The van der Waals surface area contributed by atoms with Gasteiger partial charge in [0.05, 0.1) is 0 Å². The number of hydrogen-bond acceptors (Lipinski definition) is 0. The molecule has 0 heterocycles. The first kappa shape index (κ1) is 7.70. The first-order chi connectivity index (χ1) is 4.58. The molecule has 0 nitrogen and oxygen atoms in total. The molecule has 0 saturated heterocycles. The van der Waals surface area contributed by atoms with Crippen molar-refractivity contribution in [3.8, 4) is 0 Å². The minimum Gasteiger partial charge on any atom is -0.206 e. The topological polar surface area (TPSA) is 0 Å². The van der Waals surface area contributed by atoms with E-state index in [9.17, 15) is 8.78 Å². The molecule has 0 fully saturated rings. The van der Waals surface area contributed by atoms with E-state index in [4.69, 9.17) is 0 Å². The third kappa shape index (κ3) is 1.07. The summed E-state index contributed by atoms with van der Waals surface area (Å²) in [7, 11) is 0. The summed E-state index contributed by atoms with van der Waals surface area (Å²) in [5.74, 6) is -2.95. The zero-order valence-electron chi connectivity index (χ0n) is 6.32. The van der Waals surface area contributed by atoms with Crippen molar-refractivity contribution in [3.05, 3.63) is 11.6 Å². The molecule has 58 valence electrons. The minimum atomic E-state index is -2.46. The Hall–Kier alpha value is -0.400. The van der Waals surface area contributed by atoms with E-state index >= 15 is 0 Å². The van der Waals surface area contributed by atoms with Crippen molar-refractivity contribution >= 4 is 0 Å². The lowest BCUT2D eigenvalue weighted by molar-refractivity contribution is -0.0317. The quantitative estimate of drug-likeness (QED) is 0.499. The van der Waals surface area contributed by atoms with E-state index in [1.165, 1.54) is 0 Å². The van der Waals surface area contributed by atoms with Gasteiger partial charge in [-0.15, -0.1) is 0 Å². The van der Waals surface area contributed by atoms with Crippen molar-refractivity contribution in [1.82, 2.24) is 0 Å². The monoisotopic (exact) mass is 146 g/mol. The van der Waals surface area contributed by atoms with Crippen LogP contribution in [0.25, 0.3) is 0 Å². The Morgan fingerprint density at radius 3 is 2.50 bits per heavy atom. The van der Waals surface area contributed by atoms with Gasteiger partial charge < -0.3 is 0 Å².